The highest BCUT2D eigenvalue weighted by Crippen LogP contribution is 2.44. The Labute approximate surface area is 159 Å². The monoisotopic (exact) mass is 355 g/mol. The molecule has 2 saturated heterocycles. The Kier molecular flexibility index (Phi) is 4.94. The molecule has 144 valence electrons. The minimum Gasteiger partial charge on any atom is -0.397 e. The van der Waals surface area contributed by atoms with E-state index >= 15 is 0 Å². The zero-order valence-corrected chi connectivity index (χ0v) is 16.9. The van der Waals surface area contributed by atoms with Crippen LogP contribution in [0.15, 0.2) is 24.3 Å². The molecule has 2 bridgehead atoms. The number of hydrogen-bond acceptors (Lipinski definition) is 3. The summed E-state index contributed by atoms with van der Waals surface area (Å²) in [5.41, 5.74) is 8.62. The van der Waals surface area contributed by atoms with Crippen LogP contribution in [0.4, 0.5) is 11.4 Å². The highest BCUT2D eigenvalue weighted by molar-refractivity contribution is 5.66. The SMILES string of the molecule is CC(C)(C)[C@H]1CC[C@@H](N2[C@@H]3CC[C@H]2C[C@@H](Nc2ccccc2N)C3)CC1. The molecule has 26 heavy (non-hydrogen) atoms. The molecule has 0 radical (unpaired) electrons. The van der Waals surface area contributed by atoms with Crippen molar-refractivity contribution in [1.29, 1.82) is 0 Å². The molecule has 3 nitrogen and oxygen atoms in total. The molecular weight excluding hydrogens is 318 g/mol. The Balaban J connectivity index is 1.37. The predicted molar refractivity (Wildman–Crippen MR) is 111 cm³/mol. The van der Waals surface area contributed by atoms with Crippen LogP contribution < -0.4 is 11.1 Å². The molecule has 1 aromatic rings. The fourth-order valence-corrected chi connectivity index (χ4v) is 6.02. The molecule has 0 amide bonds. The third kappa shape index (κ3) is 3.60. The van der Waals surface area contributed by atoms with E-state index in [2.05, 4.69) is 43.1 Å². The topological polar surface area (TPSA) is 41.3 Å². The van der Waals surface area contributed by atoms with E-state index in [1.165, 1.54) is 51.4 Å². The van der Waals surface area contributed by atoms with Crippen molar-refractivity contribution in [2.24, 2.45) is 11.3 Å². The van der Waals surface area contributed by atoms with Gasteiger partial charge in [-0.2, -0.15) is 0 Å². The second kappa shape index (κ2) is 7.07. The van der Waals surface area contributed by atoms with Crippen molar-refractivity contribution in [2.75, 3.05) is 11.1 Å². The van der Waals surface area contributed by atoms with Crippen LogP contribution in [0.25, 0.3) is 0 Å². The molecule has 1 aliphatic carbocycles. The van der Waals surface area contributed by atoms with E-state index in [9.17, 15) is 0 Å². The normalized spacial score (nSPS) is 35.4. The Hall–Kier alpha value is -1.22. The molecule has 3 aliphatic rings. The summed E-state index contributed by atoms with van der Waals surface area (Å²) in [6.07, 6.45) is 11.0. The number of nitrogens with zero attached hydrogens (tertiary/aromatic N) is 1. The molecule has 3 N–H and O–H groups in total. The summed E-state index contributed by atoms with van der Waals surface area (Å²) in [6.45, 7) is 7.27. The summed E-state index contributed by atoms with van der Waals surface area (Å²) in [6, 6.07) is 11.2. The summed E-state index contributed by atoms with van der Waals surface area (Å²) >= 11 is 0. The van der Waals surface area contributed by atoms with Gasteiger partial charge in [0.15, 0.2) is 0 Å². The molecule has 0 aromatic heterocycles. The number of anilines is 2. The largest absolute Gasteiger partial charge is 0.397 e. The summed E-state index contributed by atoms with van der Waals surface area (Å²) in [5, 5.41) is 3.75. The molecule has 1 aromatic carbocycles. The molecule has 3 fully saturated rings. The van der Waals surface area contributed by atoms with Gasteiger partial charge in [-0.1, -0.05) is 32.9 Å². The quantitative estimate of drug-likeness (QED) is 0.725. The van der Waals surface area contributed by atoms with Crippen molar-refractivity contribution in [3.63, 3.8) is 0 Å². The summed E-state index contributed by atoms with van der Waals surface area (Å²) in [7, 11) is 0. The molecule has 0 unspecified atom stereocenters. The van der Waals surface area contributed by atoms with Crippen molar-refractivity contribution in [3.8, 4) is 0 Å². The van der Waals surface area contributed by atoms with E-state index in [1.54, 1.807) is 0 Å². The summed E-state index contributed by atoms with van der Waals surface area (Å²) in [5.74, 6) is 0.914. The van der Waals surface area contributed by atoms with Crippen LogP contribution in [-0.4, -0.2) is 29.1 Å². The Bertz CT molecular complexity index is 598. The number of nitrogens with two attached hydrogens (primary N) is 1. The minimum absolute atomic E-state index is 0.483. The maximum Gasteiger partial charge on any atom is 0.0576 e. The number of nitrogen functional groups attached to an aromatic ring is 1. The molecule has 2 heterocycles. The lowest BCUT2D eigenvalue weighted by atomic mass is 9.71. The average molecular weight is 356 g/mol. The molecule has 1 saturated carbocycles. The number of hydrogen-bond donors (Lipinski definition) is 2. The lowest BCUT2D eigenvalue weighted by molar-refractivity contribution is 0.0364. The lowest BCUT2D eigenvalue weighted by Crippen LogP contribution is -2.52. The van der Waals surface area contributed by atoms with E-state index in [0.29, 0.717) is 11.5 Å². The maximum atomic E-state index is 6.14. The molecule has 2 aliphatic heterocycles. The van der Waals surface area contributed by atoms with E-state index in [-0.39, 0.29) is 0 Å². The van der Waals surface area contributed by atoms with E-state index in [4.69, 9.17) is 5.73 Å². The summed E-state index contributed by atoms with van der Waals surface area (Å²) < 4.78 is 0. The molecule has 3 atom stereocenters. The van der Waals surface area contributed by atoms with Crippen molar-refractivity contribution in [1.82, 2.24) is 4.90 Å². The zero-order chi connectivity index (χ0) is 18.3. The molecular formula is C23H37N3. The number of piperidine rings is 1. The number of fused-ring (bicyclic) bond motifs is 2. The maximum absolute atomic E-state index is 6.14. The van der Waals surface area contributed by atoms with Gasteiger partial charge in [0, 0.05) is 24.2 Å². The lowest BCUT2D eigenvalue weighted by Gasteiger charge is -2.47. The number of benzene rings is 1. The van der Waals surface area contributed by atoms with Crippen molar-refractivity contribution >= 4 is 11.4 Å². The second-order valence-electron chi connectivity index (χ2n) is 10.1. The fraction of sp³-hybridized carbons (Fsp3) is 0.739. The van der Waals surface area contributed by atoms with E-state index in [1.807, 2.05) is 12.1 Å². The smallest absolute Gasteiger partial charge is 0.0576 e. The Morgan fingerprint density at radius 2 is 1.46 bits per heavy atom. The predicted octanol–water partition coefficient (Wildman–Crippen LogP) is 5.28. The van der Waals surface area contributed by atoms with Crippen LogP contribution in [0.1, 0.15) is 72.1 Å². The van der Waals surface area contributed by atoms with Gasteiger partial charge < -0.3 is 11.1 Å². The van der Waals surface area contributed by atoms with Crippen LogP contribution in [0.3, 0.4) is 0 Å². The first kappa shape index (κ1) is 18.2. The molecule has 4 rings (SSSR count). The number of rotatable bonds is 3. The third-order valence-electron chi connectivity index (χ3n) is 7.45. The van der Waals surface area contributed by atoms with Gasteiger partial charge in [0.2, 0.25) is 0 Å². The van der Waals surface area contributed by atoms with Gasteiger partial charge in [0.1, 0.15) is 0 Å². The van der Waals surface area contributed by atoms with E-state index in [0.717, 1.165) is 35.4 Å². The Morgan fingerprint density at radius 3 is 2.04 bits per heavy atom. The van der Waals surface area contributed by atoms with E-state index < -0.39 is 0 Å². The third-order valence-corrected chi connectivity index (χ3v) is 7.45. The van der Waals surface area contributed by atoms with Gasteiger partial charge in [0.05, 0.1) is 11.4 Å². The van der Waals surface area contributed by atoms with Crippen molar-refractivity contribution in [2.45, 2.75) is 96.3 Å². The van der Waals surface area contributed by atoms with Crippen molar-refractivity contribution in [3.05, 3.63) is 24.3 Å². The van der Waals surface area contributed by atoms with Gasteiger partial charge in [-0.15, -0.1) is 0 Å². The van der Waals surface area contributed by atoms with Gasteiger partial charge in [0.25, 0.3) is 0 Å². The molecule has 3 heteroatoms. The van der Waals surface area contributed by atoms with Gasteiger partial charge in [-0.25, -0.2) is 0 Å². The van der Waals surface area contributed by atoms with Crippen molar-refractivity contribution < 1.29 is 0 Å². The average Bonchev–Trinajstić information content (AvgIpc) is 2.87. The van der Waals surface area contributed by atoms with Crippen LogP contribution in [0.5, 0.6) is 0 Å². The van der Waals surface area contributed by atoms with Crippen LogP contribution in [0.2, 0.25) is 0 Å². The van der Waals surface area contributed by atoms with Crippen LogP contribution in [0, 0.1) is 11.3 Å². The zero-order valence-electron chi connectivity index (χ0n) is 16.9. The fourth-order valence-electron chi connectivity index (χ4n) is 6.02. The summed E-state index contributed by atoms with van der Waals surface area (Å²) in [4.78, 5) is 2.95. The highest BCUT2D eigenvalue weighted by Gasteiger charge is 2.45. The molecule has 0 spiro atoms. The van der Waals surface area contributed by atoms with Crippen LogP contribution in [-0.2, 0) is 0 Å². The first-order valence-corrected chi connectivity index (χ1v) is 10.8. The van der Waals surface area contributed by atoms with Gasteiger partial charge in [-0.3, -0.25) is 4.90 Å². The first-order chi connectivity index (χ1) is 12.4. The second-order valence-corrected chi connectivity index (χ2v) is 10.1. The number of nitrogens with one attached hydrogen (secondary N) is 1. The standard InChI is InChI=1S/C23H37N3/c1-23(2,3)16-8-10-18(11-9-16)26-19-12-13-20(26)15-17(14-19)25-22-7-5-4-6-21(22)24/h4-7,16-20,25H,8-15,24H2,1-3H3/t16-,17-,18+,19+,20-. The highest BCUT2D eigenvalue weighted by atomic mass is 15.3. The van der Waals surface area contributed by atoms with Gasteiger partial charge >= 0.3 is 0 Å². The van der Waals surface area contributed by atoms with Gasteiger partial charge in [-0.05, 0) is 74.8 Å². The number of para-hydroxylation sites is 2. The Morgan fingerprint density at radius 1 is 0.885 bits per heavy atom. The minimum atomic E-state index is 0.483. The van der Waals surface area contributed by atoms with Crippen LogP contribution >= 0.6 is 0 Å². The first-order valence-electron chi connectivity index (χ1n) is 10.8.